The number of furan rings is 1. The van der Waals surface area contributed by atoms with Gasteiger partial charge in [-0.05, 0) is 30.2 Å². The molecule has 1 aromatic heterocycles. The van der Waals surface area contributed by atoms with Crippen LogP contribution in [-0.4, -0.2) is 35.7 Å². The molecule has 0 saturated carbocycles. The van der Waals surface area contributed by atoms with Crippen molar-refractivity contribution in [1.82, 2.24) is 4.90 Å². The third kappa shape index (κ3) is 2.97. The number of hydrogen-bond donors (Lipinski definition) is 1. The van der Waals surface area contributed by atoms with E-state index >= 15 is 0 Å². The molecule has 1 aliphatic rings. The van der Waals surface area contributed by atoms with Crippen molar-refractivity contribution in [3.8, 4) is 5.75 Å². The van der Waals surface area contributed by atoms with Crippen LogP contribution in [0, 0.1) is 0 Å². The van der Waals surface area contributed by atoms with Gasteiger partial charge in [-0.25, -0.2) is 0 Å². The largest absolute Gasteiger partial charge is 0.497 e. The fourth-order valence-electron chi connectivity index (χ4n) is 3.16. The molecule has 3 rings (SSSR count). The second kappa shape index (κ2) is 6.46. The van der Waals surface area contributed by atoms with Crippen molar-refractivity contribution < 1.29 is 19.1 Å². The van der Waals surface area contributed by atoms with Gasteiger partial charge in [-0.15, -0.1) is 0 Å². The second-order valence-corrected chi connectivity index (χ2v) is 5.75. The van der Waals surface area contributed by atoms with Gasteiger partial charge in [-0.2, -0.15) is 0 Å². The highest BCUT2D eigenvalue weighted by Gasteiger charge is 2.36. The van der Waals surface area contributed by atoms with Gasteiger partial charge in [0.25, 0.3) is 5.91 Å². The van der Waals surface area contributed by atoms with Crippen LogP contribution < -0.4 is 4.74 Å². The van der Waals surface area contributed by atoms with Crippen LogP contribution in [-0.2, 0) is 6.42 Å². The third-order valence-electron chi connectivity index (χ3n) is 4.32. The van der Waals surface area contributed by atoms with Gasteiger partial charge in [0.15, 0.2) is 0 Å². The molecule has 2 aromatic rings. The van der Waals surface area contributed by atoms with Crippen molar-refractivity contribution in [3.63, 3.8) is 0 Å². The van der Waals surface area contributed by atoms with Crippen molar-refractivity contribution in [2.45, 2.75) is 31.9 Å². The molecule has 23 heavy (non-hydrogen) atoms. The molecule has 0 radical (unpaired) electrons. The molecule has 1 fully saturated rings. The predicted molar refractivity (Wildman–Crippen MR) is 85.5 cm³/mol. The van der Waals surface area contributed by atoms with E-state index in [0.717, 1.165) is 11.3 Å². The molecule has 2 atom stereocenters. The zero-order valence-corrected chi connectivity index (χ0v) is 13.4. The lowest BCUT2D eigenvalue weighted by Crippen LogP contribution is -2.32. The van der Waals surface area contributed by atoms with Gasteiger partial charge in [0.1, 0.15) is 11.5 Å². The molecule has 0 unspecified atom stereocenters. The van der Waals surface area contributed by atoms with E-state index in [1.54, 1.807) is 24.3 Å². The lowest BCUT2D eigenvalue weighted by molar-refractivity contribution is 0.0713. The van der Waals surface area contributed by atoms with Crippen LogP contribution in [0.25, 0.3) is 0 Å². The Labute approximate surface area is 135 Å². The van der Waals surface area contributed by atoms with Crippen LogP contribution in [0.5, 0.6) is 5.75 Å². The Morgan fingerprint density at radius 1 is 1.43 bits per heavy atom. The monoisotopic (exact) mass is 315 g/mol. The number of methoxy groups -OCH3 is 1. The third-order valence-corrected chi connectivity index (χ3v) is 4.32. The lowest BCUT2D eigenvalue weighted by Gasteiger charge is -2.25. The summed E-state index contributed by atoms with van der Waals surface area (Å²) in [6.07, 6.45) is 2.21. The van der Waals surface area contributed by atoms with Crippen molar-refractivity contribution in [2.75, 3.05) is 13.7 Å². The van der Waals surface area contributed by atoms with Crippen LogP contribution in [0.3, 0.4) is 0 Å². The average molecular weight is 315 g/mol. The summed E-state index contributed by atoms with van der Waals surface area (Å²) in [4.78, 5) is 14.6. The van der Waals surface area contributed by atoms with E-state index < -0.39 is 6.10 Å². The molecule has 1 N–H and O–H groups in total. The standard InChI is InChI=1S/C18H21NO4/c1-3-17-15(7-8-23-17)18(21)19-11-13(20)10-16(19)12-5-4-6-14(9-12)22-2/h4-9,13,16,20H,3,10-11H2,1-2H3/t13-,16-/m0/s1. The Kier molecular flexibility index (Phi) is 4.39. The van der Waals surface area contributed by atoms with Gasteiger partial charge in [-0.1, -0.05) is 19.1 Å². The summed E-state index contributed by atoms with van der Waals surface area (Å²) in [5, 5.41) is 10.1. The number of hydrogen-bond acceptors (Lipinski definition) is 4. The van der Waals surface area contributed by atoms with E-state index in [-0.39, 0.29) is 11.9 Å². The van der Waals surface area contributed by atoms with E-state index in [2.05, 4.69) is 0 Å². The first-order chi connectivity index (χ1) is 11.1. The van der Waals surface area contributed by atoms with Crippen molar-refractivity contribution >= 4 is 5.91 Å². The Hall–Kier alpha value is -2.27. The van der Waals surface area contributed by atoms with Crippen LogP contribution >= 0.6 is 0 Å². The summed E-state index contributed by atoms with van der Waals surface area (Å²) < 4.78 is 10.6. The van der Waals surface area contributed by atoms with Gasteiger partial charge in [0, 0.05) is 13.0 Å². The van der Waals surface area contributed by atoms with E-state index in [9.17, 15) is 9.90 Å². The number of ether oxygens (including phenoxy) is 1. The number of rotatable bonds is 4. The SMILES string of the molecule is CCc1occc1C(=O)N1C[C@@H](O)C[C@H]1c1cccc(OC)c1. The molecule has 122 valence electrons. The summed E-state index contributed by atoms with van der Waals surface area (Å²) in [6.45, 7) is 2.28. The normalized spacial score (nSPS) is 20.7. The average Bonchev–Trinajstić information content (AvgIpc) is 3.20. The number of nitrogens with zero attached hydrogens (tertiary/aromatic N) is 1. The molecule has 0 bridgehead atoms. The van der Waals surface area contributed by atoms with E-state index in [1.807, 2.05) is 31.2 Å². The Morgan fingerprint density at radius 2 is 2.26 bits per heavy atom. The van der Waals surface area contributed by atoms with E-state index in [4.69, 9.17) is 9.15 Å². The van der Waals surface area contributed by atoms with Crippen molar-refractivity contribution in [1.29, 1.82) is 0 Å². The Balaban J connectivity index is 1.92. The number of carbonyl (C=O) groups excluding carboxylic acids is 1. The van der Waals surface area contributed by atoms with Gasteiger partial charge < -0.3 is 19.2 Å². The minimum absolute atomic E-state index is 0.0973. The maximum absolute atomic E-state index is 12.9. The van der Waals surface area contributed by atoms with Crippen molar-refractivity contribution in [2.24, 2.45) is 0 Å². The number of likely N-dealkylation sites (tertiary alicyclic amines) is 1. The van der Waals surface area contributed by atoms with Gasteiger partial charge in [-0.3, -0.25) is 4.79 Å². The summed E-state index contributed by atoms with van der Waals surface area (Å²) >= 11 is 0. The quantitative estimate of drug-likeness (QED) is 0.942. The summed E-state index contributed by atoms with van der Waals surface area (Å²) in [7, 11) is 1.62. The van der Waals surface area contributed by atoms with Gasteiger partial charge >= 0.3 is 0 Å². The van der Waals surface area contributed by atoms with E-state index in [1.165, 1.54) is 0 Å². The predicted octanol–water partition coefficient (Wildman–Crippen LogP) is 2.80. The highest BCUT2D eigenvalue weighted by molar-refractivity contribution is 5.95. The minimum atomic E-state index is -0.521. The molecule has 5 nitrogen and oxygen atoms in total. The molecule has 1 aliphatic heterocycles. The number of aryl methyl sites for hydroxylation is 1. The Morgan fingerprint density at radius 3 is 3.00 bits per heavy atom. The number of aliphatic hydroxyl groups is 1. The minimum Gasteiger partial charge on any atom is -0.497 e. The molecule has 5 heteroatoms. The zero-order chi connectivity index (χ0) is 16.4. The smallest absolute Gasteiger partial charge is 0.258 e. The first kappa shape index (κ1) is 15.6. The van der Waals surface area contributed by atoms with Crippen LogP contribution in [0.4, 0.5) is 0 Å². The summed E-state index contributed by atoms with van der Waals surface area (Å²) in [5.41, 5.74) is 1.55. The van der Waals surface area contributed by atoms with Crippen LogP contribution in [0.2, 0.25) is 0 Å². The molecule has 0 aliphatic carbocycles. The lowest BCUT2D eigenvalue weighted by atomic mass is 10.0. The van der Waals surface area contributed by atoms with Crippen LogP contribution in [0.1, 0.15) is 41.1 Å². The fourth-order valence-corrected chi connectivity index (χ4v) is 3.16. The van der Waals surface area contributed by atoms with Crippen LogP contribution in [0.15, 0.2) is 41.0 Å². The summed E-state index contributed by atoms with van der Waals surface area (Å²) in [5.74, 6) is 1.33. The van der Waals surface area contributed by atoms with Crippen molar-refractivity contribution in [3.05, 3.63) is 53.5 Å². The summed E-state index contributed by atoms with van der Waals surface area (Å²) in [6, 6.07) is 9.19. The molecular weight excluding hydrogens is 294 g/mol. The fraction of sp³-hybridized carbons (Fsp3) is 0.389. The second-order valence-electron chi connectivity index (χ2n) is 5.75. The number of carbonyl (C=O) groups is 1. The molecule has 1 aromatic carbocycles. The first-order valence-electron chi connectivity index (χ1n) is 7.83. The van der Waals surface area contributed by atoms with Gasteiger partial charge in [0.05, 0.1) is 31.1 Å². The topological polar surface area (TPSA) is 62.9 Å². The Bertz CT molecular complexity index is 694. The molecule has 0 spiro atoms. The highest BCUT2D eigenvalue weighted by atomic mass is 16.5. The number of amides is 1. The molecule has 2 heterocycles. The zero-order valence-electron chi connectivity index (χ0n) is 13.4. The maximum Gasteiger partial charge on any atom is 0.258 e. The number of benzene rings is 1. The molecule has 1 saturated heterocycles. The number of aliphatic hydroxyl groups excluding tert-OH is 1. The van der Waals surface area contributed by atoms with E-state index in [0.29, 0.717) is 30.7 Å². The highest BCUT2D eigenvalue weighted by Crippen LogP contribution is 2.35. The molecule has 1 amide bonds. The molecular formula is C18H21NO4. The number of β-amino-alcohol motifs (C(OH)–C–C–N with tert-alkyl or cyclic N) is 1. The maximum atomic E-state index is 12.9. The first-order valence-corrected chi connectivity index (χ1v) is 7.83. The van der Waals surface area contributed by atoms with Gasteiger partial charge in [0.2, 0.25) is 0 Å².